The lowest BCUT2D eigenvalue weighted by molar-refractivity contribution is 0.145. The van der Waals surface area contributed by atoms with Gasteiger partial charge in [-0.25, -0.2) is 4.39 Å². The highest BCUT2D eigenvalue weighted by Crippen LogP contribution is 2.24. The molecule has 4 heteroatoms. The zero-order valence-corrected chi connectivity index (χ0v) is 14.0. The average molecular weight is 308 g/mol. The fraction of sp³-hybridized carbons (Fsp3) is 0.667. The van der Waals surface area contributed by atoms with Crippen LogP contribution in [0.3, 0.4) is 0 Å². The molecule has 0 spiro atoms. The van der Waals surface area contributed by atoms with Crippen LogP contribution in [0.1, 0.15) is 45.6 Å². The molecule has 1 aliphatic rings. The predicted octanol–water partition coefficient (Wildman–Crippen LogP) is 3.31. The quantitative estimate of drug-likeness (QED) is 0.846. The van der Waals surface area contributed by atoms with Gasteiger partial charge in [-0.3, -0.25) is 0 Å². The lowest BCUT2D eigenvalue weighted by Gasteiger charge is -2.31. The lowest BCUT2D eigenvalue weighted by atomic mass is 10.0. The summed E-state index contributed by atoms with van der Waals surface area (Å²) in [6.45, 7) is 8.74. The van der Waals surface area contributed by atoms with Crippen molar-refractivity contribution >= 4 is 5.69 Å². The van der Waals surface area contributed by atoms with Gasteiger partial charge < -0.3 is 15.3 Å². The standard InChI is InChI=1S/C18H29FN2O/c1-13(2)10-14(3)20-12-15-4-5-18(17(19)11-15)21-8-6-16(22)7-9-21/h4-5,11,13-14,16,20,22H,6-10,12H2,1-3H3. The highest BCUT2D eigenvalue weighted by Gasteiger charge is 2.19. The number of aliphatic hydroxyl groups excluding tert-OH is 1. The van der Waals surface area contributed by atoms with Gasteiger partial charge in [-0.2, -0.15) is 0 Å². The van der Waals surface area contributed by atoms with Gasteiger partial charge in [0.25, 0.3) is 0 Å². The topological polar surface area (TPSA) is 35.5 Å². The van der Waals surface area contributed by atoms with Gasteiger partial charge in [0, 0.05) is 25.7 Å². The molecule has 0 saturated carbocycles. The van der Waals surface area contributed by atoms with Crippen LogP contribution in [0.25, 0.3) is 0 Å². The van der Waals surface area contributed by atoms with E-state index in [4.69, 9.17) is 0 Å². The van der Waals surface area contributed by atoms with E-state index in [2.05, 4.69) is 26.1 Å². The van der Waals surface area contributed by atoms with Crippen molar-refractivity contribution in [2.45, 2.75) is 58.7 Å². The maximum Gasteiger partial charge on any atom is 0.146 e. The number of aliphatic hydroxyl groups is 1. The first-order chi connectivity index (χ1) is 10.5. The molecule has 0 aliphatic carbocycles. The smallest absolute Gasteiger partial charge is 0.146 e. The van der Waals surface area contributed by atoms with Crippen molar-refractivity contribution in [1.82, 2.24) is 5.32 Å². The molecule has 2 rings (SSSR count). The van der Waals surface area contributed by atoms with Crippen LogP contribution in [0.2, 0.25) is 0 Å². The molecule has 0 amide bonds. The van der Waals surface area contributed by atoms with Gasteiger partial charge in [0.15, 0.2) is 0 Å². The SMILES string of the molecule is CC(C)CC(C)NCc1ccc(N2CCC(O)CC2)c(F)c1. The molecule has 1 aromatic rings. The van der Waals surface area contributed by atoms with Crippen molar-refractivity contribution in [2.24, 2.45) is 5.92 Å². The average Bonchev–Trinajstić information content (AvgIpc) is 2.46. The fourth-order valence-corrected chi connectivity index (χ4v) is 3.11. The number of hydrogen-bond donors (Lipinski definition) is 2. The molecular weight excluding hydrogens is 279 g/mol. The second kappa shape index (κ2) is 7.93. The number of hydrogen-bond acceptors (Lipinski definition) is 3. The van der Waals surface area contributed by atoms with Crippen LogP contribution in [0.15, 0.2) is 18.2 Å². The summed E-state index contributed by atoms with van der Waals surface area (Å²) < 4.78 is 14.3. The molecule has 124 valence electrons. The molecule has 2 N–H and O–H groups in total. The van der Waals surface area contributed by atoms with E-state index in [1.54, 1.807) is 6.07 Å². The number of nitrogens with one attached hydrogen (secondary N) is 1. The highest BCUT2D eigenvalue weighted by molar-refractivity contribution is 5.49. The summed E-state index contributed by atoms with van der Waals surface area (Å²) in [5.41, 5.74) is 1.64. The Morgan fingerprint density at radius 1 is 1.27 bits per heavy atom. The summed E-state index contributed by atoms with van der Waals surface area (Å²) in [5.74, 6) is 0.503. The first kappa shape index (κ1) is 17.2. The molecule has 1 atom stereocenters. The molecular formula is C18H29FN2O. The Hall–Kier alpha value is -1.13. The Bertz CT molecular complexity index is 470. The van der Waals surface area contributed by atoms with E-state index in [1.165, 1.54) is 0 Å². The normalized spacial score (nSPS) is 18.0. The summed E-state index contributed by atoms with van der Waals surface area (Å²) in [4.78, 5) is 2.03. The van der Waals surface area contributed by atoms with Crippen molar-refractivity contribution in [3.05, 3.63) is 29.6 Å². The summed E-state index contributed by atoms with van der Waals surface area (Å²) in [5, 5.41) is 13.0. The van der Waals surface area contributed by atoms with Crippen molar-refractivity contribution in [2.75, 3.05) is 18.0 Å². The summed E-state index contributed by atoms with van der Waals surface area (Å²) >= 11 is 0. The van der Waals surface area contributed by atoms with Crippen molar-refractivity contribution in [3.8, 4) is 0 Å². The van der Waals surface area contributed by atoms with Gasteiger partial charge in [0.05, 0.1) is 11.8 Å². The second-order valence-corrected chi connectivity index (χ2v) is 6.92. The zero-order valence-electron chi connectivity index (χ0n) is 14.0. The van der Waals surface area contributed by atoms with E-state index in [9.17, 15) is 9.50 Å². The number of benzene rings is 1. The Morgan fingerprint density at radius 2 is 1.95 bits per heavy atom. The molecule has 1 aliphatic heterocycles. The Labute approximate surface area is 133 Å². The van der Waals surface area contributed by atoms with Crippen LogP contribution in [0.4, 0.5) is 10.1 Å². The monoisotopic (exact) mass is 308 g/mol. The minimum Gasteiger partial charge on any atom is -0.393 e. The molecule has 0 aromatic heterocycles. The molecule has 1 aromatic carbocycles. The molecule has 1 fully saturated rings. The Morgan fingerprint density at radius 3 is 2.55 bits per heavy atom. The van der Waals surface area contributed by atoms with E-state index < -0.39 is 0 Å². The molecule has 3 nitrogen and oxygen atoms in total. The molecule has 1 unspecified atom stereocenters. The summed E-state index contributed by atoms with van der Waals surface area (Å²) in [6.07, 6.45) is 2.33. The van der Waals surface area contributed by atoms with Gasteiger partial charge in [0.1, 0.15) is 5.82 Å². The Kier molecular flexibility index (Phi) is 6.21. The van der Waals surface area contributed by atoms with Crippen LogP contribution < -0.4 is 10.2 Å². The highest BCUT2D eigenvalue weighted by atomic mass is 19.1. The molecule has 0 bridgehead atoms. The third-order valence-corrected chi connectivity index (χ3v) is 4.30. The number of halogens is 1. The largest absolute Gasteiger partial charge is 0.393 e. The third-order valence-electron chi connectivity index (χ3n) is 4.30. The number of rotatable bonds is 6. The first-order valence-electron chi connectivity index (χ1n) is 8.40. The zero-order chi connectivity index (χ0) is 16.1. The van der Waals surface area contributed by atoms with Gasteiger partial charge in [-0.15, -0.1) is 0 Å². The molecule has 1 heterocycles. The maximum atomic E-state index is 14.3. The Balaban J connectivity index is 1.92. The number of nitrogens with zero attached hydrogens (tertiary/aromatic N) is 1. The van der Waals surface area contributed by atoms with Gasteiger partial charge in [-0.05, 0) is 49.8 Å². The van der Waals surface area contributed by atoms with E-state index in [0.717, 1.165) is 37.9 Å². The van der Waals surface area contributed by atoms with E-state index in [1.807, 2.05) is 17.0 Å². The summed E-state index contributed by atoms with van der Waals surface area (Å²) in [7, 11) is 0. The van der Waals surface area contributed by atoms with Crippen LogP contribution in [-0.4, -0.2) is 30.3 Å². The van der Waals surface area contributed by atoms with Crippen LogP contribution >= 0.6 is 0 Å². The molecule has 1 saturated heterocycles. The lowest BCUT2D eigenvalue weighted by Crippen LogP contribution is -2.36. The number of anilines is 1. The van der Waals surface area contributed by atoms with Crippen molar-refractivity contribution in [3.63, 3.8) is 0 Å². The number of piperidine rings is 1. The van der Waals surface area contributed by atoms with Crippen LogP contribution in [-0.2, 0) is 6.54 Å². The minimum atomic E-state index is -0.231. The van der Waals surface area contributed by atoms with Gasteiger partial charge >= 0.3 is 0 Å². The first-order valence-corrected chi connectivity index (χ1v) is 8.40. The maximum absolute atomic E-state index is 14.3. The van der Waals surface area contributed by atoms with E-state index in [-0.39, 0.29) is 11.9 Å². The van der Waals surface area contributed by atoms with Crippen molar-refractivity contribution < 1.29 is 9.50 Å². The third kappa shape index (κ3) is 4.96. The summed E-state index contributed by atoms with van der Waals surface area (Å²) in [6, 6.07) is 5.94. The van der Waals surface area contributed by atoms with E-state index >= 15 is 0 Å². The van der Waals surface area contributed by atoms with Gasteiger partial charge in [-0.1, -0.05) is 19.9 Å². The predicted molar refractivity (Wildman–Crippen MR) is 89.6 cm³/mol. The molecule has 22 heavy (non-hydrogen) atoms. The van der Waals surface area contributed by atoms with Crippen molar-refractivity contribution in [1.29, 1.82) is 0 Å². The minimum absolute atomic E-state index is 0.160. The second-order valence-electron chi connectivity index (χ2n) is 6.92. The molecule has 0 radical (unpaired) electrons. The van der Waals surface area contributed by atoms with Crippen LogP contribution in [0.5, 0.6) is 0 Å². The van der Waals surface area contributed by atoms with Gasteiger partial charge in [0.2, 0.25) is 0 Å². The van der Waals surface area contributed by atoms with E-state index in [0.29, 0.717) is 24.2 Å². The fourth-order valence-electron chi connectivity index (χ4n) is 3.11. The van der Waals surface area contributed by atoms with Crippen LogP contribution in [0, 0.1) is 11.7 Å².